The van der Waals surface area contributed by atoms with Crippen LogP contribution in [0.15, 0.2) is 48.5 Å². The molecular weight excluding hydrogens is 319 g/mol. The van der Waals surface area contributed by atoms with Crippen molar-refractivity contribution in [2.24, 2.45) is 0 Å². The quantitative estimate of drug-likeness (QED) is 0.823. The average Bonchev–Trinajstić information content (AvgIpc) is 2.61. The van der Waals surface area contributed by atoms with Crippen LogP contribution in [-0.4, -0.2) is 42.8 Å². The number of nitrogens with zero attached hydrogens (tertiary/aromatic N) is 1. The number of nitrogens with one attached hydrogen (secondary N) is 1. The van der Waals surface area contributed by atoms with E-state index in [-0.39, 0.29) is 17.0 Å². The lowest BCUT2D eigenvalue weighted by Crippen LogP contribution is -2.69. The minimum atomic E-state index is -0.513. The summed E-state index contributed by atoms with van der Waals surface area (Å²) in [5.41, 5.74) is 1.50. The Bertz CT molecular complexity index is 771. The number of likely N-dealkylation sites (tertiary alicyclic amines) is 1. The normalized spacial score (nSPS) is 15.5. The number of amides is 1. The first-order valence-electron chi connectivity index (χ1n) is 8.35. The molecule has 0 saturated carbocycles. The maximum atomic E-state index is 14.5. The second-order valence-corrected chi connectivity index (χ2v) is 6.46. The van der Waals surface area contributed by atoms with E-state index in [9.17, 15) is 14.0 Å². The van der Waals surface area contributed by atoms with Gasteiger partial charge in [0.1, 0.15) is 12.1 Å². The van der Waals surface area contributed by atoms with Crippen molar-refractivity contribution in [2.45, 2.75) is 18.4 Å². The molecule has 1 heterocycles. The van der Waals surface area contributed by atoms with Gasteiger partial charge in [-0.25, -0.2) is 4.39 Å². The lowest BCUT2D eigenvalue weighted by Gasteiger charge is -2.50. The molecule has 1 N–H and O–H groups in total. The van der Waals surface area contributed by atoms with E-state index < -0.39 is 5.82 Å². The molecule has 0 atom stereocenters. The first-order chi connectivity index (χ1) is 12.1. The first-order valence-corrected chi connectivity index (χ1v) is 8.35. The van der Waals surface area contributed by atoms with Crippen LogP contribution >= 0.6 is 0 Å². The molecule has 1 saturated heterocycles. The van der Waals surface area contributed by atoms with Gasteiger partial charge >= 0.3 is 0 Å². The van der Waals surface area contributed by atoms with E-state index >= 15 is 0 Å². The SMILES string of the molecule is CNC1(CCC=O)CN(C(=O)c2ccc(-c3ccccc3)cc2F)C1. The van der Waals surface area contributed by atoms with Gasteiger partial charge in [0.25, 0.3) is 5.91 Å². The molecule has 0 aliphatic carbocycles. The zero-order valence-corrected chi connectivity index (χ0v) is 14.2. The van der Waals surface area contributed by atoms with E-state index in [0.717, 1.165) is 17.4 Å². The van der Waals surface area contributed by atoms with E-state index in [0.29, 0.717) is 25.9 Å². The lowest BCUT2D eigenvalue weighted by molar-refractivity contribution is -0.108. The van der Waals surface area contributed by atoms with Crippen molar-refractivity contribution in [1.29, 1.82) is 0 Å². The number of carbonyl (C=O) groups is 2. The van der Waals surface area contributed by atoms with E-state index in [2.05, 4.69) is 5.32 Å². The number of benzene rings is 2. The van der Waals surface area contributed by atoms with Crippen LogP contribution in [0.5, 0.6) is 0 Å². The van der Waals surface area contributed by atoms with Gasteiger partial charge in [-0.15, -0.1) is 0 Å². The summed E-state index contributed by atoms with van der Waals surface area (Å²) < 4.78 is 14.5. The highest BCUT2D eigenvalue weighted by molar-refractivity contribution is 5.95. The van der Waals surface area contributed by atoms with Crippen LogP contribution in [0.3, 0.4) is 0 Å². The Morgan fingerprint density at radius 2 is 1.92 bits per heavy atom. The predicted octanol–water partition coefficient (Wildman–Crippen LogP) is 2.89. The summed E-state index contributed by atoms with van der Waals surface area (Å²) in [4.78, 5) is 24.8. The Kier molecular flexibility index (Phi) is 4.95. The van der Waals surface area contributed by atoms with Crippen molar-refractivity contribution in [3.63, 3.8) is 0 Å². The van der Waals surface area contributed by atoms with Gasteiger partial charge in [-0.2, -0.15) is 0 Å². The molecule has 130 valence electrons. The van der Waals surface area contributed by atoms with Crippen molar-refractivity contribution in [1.82, 2.24) is 10.2 Å². The lowest BCUT2D eigenvalue weighted by atomic mass is 9.84. The van der Waals surface area contributed by atoms with Crippen LogP contribution < -0.4 is 5.32 Å². The molecule has 0 unspecified atom stereocenters. The number of hydrogen-bond acceptors (Lipinski definition) is 3. The summed E-state index contributed by atoms with van der Waals surface area (Å²) in [6, 6.07) is 14.2. The van der Waals surface area contributed by atoms with Crippen molar-refractivity contribution in [2.75, 3.05) is 20.1 Å². The summed E-state index contributed by atoms with van der Waals surface area (Å²) in [5.74, 6) is -0.824. The number of aldehydes is 1. The number of carbonyl (C=O) groups excluding carboxylic acids is 2. The monoisotopic (exact) mass is 340 g/mol. The standard InChI is InChI=1S/C20H21FN2O2/c1-22-20(10-5-11-24)13-23(14-20)19(25)17-9-8-16(12-18(17)21)15-6-3-2-4-7-15/h2-4,6-9,11-12,22H,5,10,13-14H2,1H3. The summed E-state index contributed by atoms with van der Waals surface area (Å²) in [5, 5.41) is 3.18. The van der Waals surface area contributed by atoms with Gasteiger partial charge in [0.15, 0.2) is 0 Å². The molecule has 2 aromatic rings. The van der Waals surface area contributed by atoms with E-state index in [1.165, 1.54) is 6.07 Å². The molecule has 3 rings (SSSR count). The van der Waals surface area contributed by atoms with Gasteiger partial charge < -0.3 is 15.0 Å². The maximum absolute atomic E-state index is 14.5. The van der Waals surface area contributed by atoms with Crippen molar-refractivity contribution < 1.29 is 14.0 Å². The molecule has 5 heteroatoms. The summed E-state index contributed by atoms with van der Waals surface area (Å²) in [6.45, 7) is 0.964. The molecule has 1 fully saturated rings. The molecule has 25 heavy (non-hydrogen) atoms. The highest BCUT2D eigenvalue weighted by Crippen LogP contribution is 2.29. The molecule has 1 amide bonds. The van der Waals surface area contributed by atoms with Crippen LogP contribution in [0, 0.1) is 5.82 Å². The largest absolute Gasteiger partial charge is 0.335 e. The third-order valence-electron chi connectivity index (χ3n) is 4.85. The molecule has 2 aromatic carbocycles. The van der Waals surface area contributed by atoms with E-state index in [4.69, 9.17) is 0 Å². The van der Waals surface area contributed by atoms with Gasteiger partial charge in [-0.1, -0.05) is 36.4 Å². The molecule has 4 nitrogen and oxygen atoms in total. The van der Waals surface area contributed by atoms with Crippen LogP contribution in [0.25, 0.3) is 11.1 Å². The first kappa shape index (κ1) is 17.3. The fourth-order valence-corrected chi connectivity index (χ4v) is 3.27. The number of likely N-dealkylation sites (N-methyl/N-ethyl adjacent to an activating group) is 1. The van der Waals surface area contributed by atoms with Crippen LogP contribution in [0.4, 0.5) is 4.39 Å². The zero-order valence-electron chi connectivity index (χ0n) is 14.2. The predicted molar refractivity (Wildman–Crippen MR) is 94.8 cm³/mol. The number of rotatable bonds is 6. The van der Waals surface area contributed by atoms with E-state index in [1.807, 2.05) is 37.4 Å². The topological polar surface area (TPSA) is 49.4 Å². The fourth-order valence-electron chi connectivity index (χ4n) is 3.27. The highest BCUT2D eigenvalue weighted by Gasteiger charge is 2.44. The fraction of sp³-hybridized carbons (Fsp3) is 0.300. The minimum absolute atomic E-state index is 0.0831. The minimum Gasteiger partial charge on any atom is -0.335 e. The highest BCUT2D eigenvalue weighted by atomic mass is 19.1. The van der Waals surface area contributed by atoms with Crippen molar-refractivity contribution >= 4 is 12.2 Å². The van der Waals surface area contributed by atoms with Gasteiger partial charge in [-0.3, -0.25) is 4.79 Å². The van der Waals surface area contributed by atoms with Crippen LogP contribution in [0.2, 0.25) is 0 Å². The number of halogens is 1. The van der Waals surface area contributed by atoms with Gasteiger partial charge in [0.05, 0.1) is 11.1 Å². The van der Waals surface area contributed by atoms with Crippen molar-refractivity contribution in [3.05, 3.63) is 59.9 Å². The molecule has 0 spiro atoms. The Balaban J connectivity index is 1.73. The maximum Gasteiger partial charge on any atom is 0.256 e. The Labute approximate surface area is 146 Å². The molecule has 0 bridgehead atoms. The van der Waals surface area contributed by atoms with Crippen LogP contribution in [-0.2, 0) is 4.79 Å². The second-order valence-electron chi connectivity index (χ2n) is 6.46. The second kappa shape index (κ2) is 7.15. The third kappa shape index (κ3) is 3.46. The Hall–Kier alpha value is -2.53. The van der Waals surface area contributed by atoms with Crippen molar-refractivity contribution in [3.8, 4) is 11.1 Å². The average molecular weight is 340 g/mol. The molecule has 0 aromatic heterocycles. The molecule has 1 aliphatic rings. The van der Waals surface area contributed by atoms with Gasteiger partial charge in [0.2, 0.25) is 0 Å². The summed E-state index contributed by atoms with van der Waals surface area (Å²) in [6.07, 6.45) is 2.00. The smallest absolute Gasteiger partial charge is 0.256 e. The Morgan fingerprint density at radius 3 is 2.52 bits per heavy atom. The zero-order chi connectivity index (χ0) is 17.9. The molecule has 1 aliphatic heterocycles. The van der Waals surface area contributed by atoms with Gasteiger partial charge in [-0.05, 0) is 36.7 Å². The number of hydrogen-bond donors (Lipinski definition) is 1. The van der Waals surface area contributed by atoms with Gasteiger partial charge in [0, 0.05) is 19.5 Å². The van der Waals surface area contributed by atoms with Crippen LogP contribution in [0.1, 0.15) is 23.2 Å². The Morgan fingerprint density at radius 1 is 1.20 bits per heavy atom. The molecular formula is C20H21FN2O2. The molecule has 0 radical (unpaired) electrons. The summed E-state index contributed by atoms with van der Waals surface area (Å²) >= 11 is 0. The van der Waals surface area contributed by atoms with E-state index in [1.54, 1.807) is 17.0 Å². The summed E-state index contributed by atoms with van der Waals surface area (Å²) in [7, 11) is 1.82. The third-order valence-corrected chi connectivity index (χ3v) is 4.85.